The normalized spacial score (nSPS) is 19.8. The van der Waals surface area contributed by atoms with Crippen molar-refractivity contribution in [3.05, 3.63) is 5.69 Å². The number of aryl methyl sites for hydroxylation is 2. The third-order valence-corrected chi connectivity index (χ3v) is 3.13. The van der Waals surface area contributed by atoms with E-state index >= 15 is 0 Å². The molecule has 2 rings (SSSR count). The maximum Gasteiger partial charge on any atom is 0.148 e. The van der Waals surface area contributed by atoms with E-state index in [1.54, 1.807) is 0 Å². The molecule has 1 aliphatic rings. The topological polar surface area (TPSA) is 65.1 Å². The molecule has 0 spiro atoms. The summed E-state index contributed by atoms with van der Waals surface area (Å²) in [7, 11) is 0. The van der Waals surface area contributed by atoms with Crippen LogP contribution in [-0.2, 0) is 11.3 Å². The third-order valence-electron chi connectivity index (χ3n) is 3.13. The van der Waals surface area contributed by atoms with Crippen LogP contribution in [0.1, 0.15) is 31.9 Å². The molecule has 3 N–H and O–H groups in total. The molecule has 5 heteroatoms. The quantitative estimate of drug-likeness (QED) is 0.820. The van der Waals surface area contributed by atoms with Gasteiger partial charge < -0.3 is 15.8 Å². The van der Waals surface area contributed by atoms with Gasteiger partial charge in [0.05, 0.1) is 17.5 Å². The molecule has 5 nitrogen and oxygen atoms in total. The molecule has 1 unspecified atom stereocenters. The third kappa shape index (κ3) is 2.72. The Morgan fingerprint density at radius 1 is 1.59 bits per heavy atom. The summed E-state index contributed by atoms with van der Waals surface area (Å²) in [6.45, 7) is 6.68. The molecule has 1 saturated heterocycles. The number of aromatic nitrogens is 2. The van der Waals surface area contributed by atoms with Crippen molar-refractivity contribution in [2.75, 3.05) is 24.2 Å². The fourth-order valence-corrected chi connectivity index (χ4v) is 2.17. The minimum Gasteiger partial charge on any atom is -0.394 e. The monoisotopic (exact) mass is 238 g/mol. The summed E-state index contributed by atoms with van der Waals surface area (Å²) in [5, 5.41) is 7.81. The molecule has 1 atom stereocenters. The van der Waals surface area contributed by atoms with Crippen LogP contribution in [0.25, 0.3) is 0 Å². The summed E-state index contributed by atoms with van der Waals surface area (Å²) in [5.41, 5.74) is 7.69. The number of anilines is 2. The van der Waals surface area contributed by atoms with Gasteiger partial charge >= 0.3 is 0 Å². The van der Waals surface area contributed by atoms with E-state index in [2.05, 4.69) is 17.3 Å². The van der Waals surface area contributed by atoms with Gasteiger partial charge in [-0.25, -0.2) is 4.68 Å². The number of hydrogen-bond donors (Lipinski definition) is 2. The van der Waals surface area contributed by atoms with Gasteiger partial charge in [0, 0.05) is 19.7 Å². The number of nitrogens with zero attached hydrogens (tertiary/aromatic N) is 2. The largest absolute Gasteiger partial charge is 0.394 e. The first-order valence-corrected chi connectivity index (χ1v) is 6.40. The van der Waals surface area contributed by atoms with Gasteiger partial charge in [-0.05, 0) is 26.2 Å². The summed E-state index contributed by atoms with van der Waals surface area (Å²) >= 11 is 0. The molecule has 2 heterocycles. The highest BCUT2D eigenvalue weighted by atomic mass is 16.5. The highest BCUT2D eigenvalue weighted by Gasteiger charge is 2.17. The van der Waals surface area contributed by atoms with Crippen molar-refractivity contribution in [1.29, 1.82) is 0 Å². The van der Waals surface area contributed by atoms with E-state index < -0.39 is 0 Å². The molecule has 0 saturated carbocycles. The van der Waals surface area contributed by atoms with Gasteiger partial charge in [-0.2, -0.15) is 5.10 Å². The molecule has 1 aromatic rings. The summed E-state index contributed by atoms with van der Waals surface area (Å²) in [6.07, 6.45) is 3.66. The van der Waals surface area contributed by atoms with Gasteiger partial charge in [-0.1, -0.05) is 6.92 Å². The molecule has 0 aromatic carbocycles. The Kier molecular flexibility index (Phi) is 3.89. The van der Waals surface area contributed by atoms with Crippen molar-refractivity contribution in [3.8, 4) is 0 Å². The number of nitrogens with one attached hydrogen (secondary N) is 1. The standard InChI is InChI=1S/C12H22N4O/c1-3-6-16-12(11(13)9(2)15-16)14-8-10-5-4-7-17-10/h10,14H,3-8,13H2,1-2H3. The highest BCUT2D eigenvalue weighted by molar-refractivity contribution is 5.64. The van der Waals surface area contributed by atoms with Crippen LogP contribution in [0.2, 0.25) is 0 Å². The predicted octanol–water partition coefficient (Wildman–Crippen LogP) is 1.77. The first-order valence-electron chi connectivity index (χ1n) is 6.40. The van der Waals surface area contributed by atoms with E-state index in [0.29, 0.717) is 6.10 Å². The Morgan fingerprint density at radius 3 is 3.06 bits per heavy atom. The van der Waals surface area contributed by atoms with Gasteiger partial charge in [0.2, 0.25) is 0 Å². The van der Waals surface area contributed by atoms with E-state index in [4.69, 9.17) is 10.5 Å². The Balaban J connectivity index is 2.02. The molecular weight excluding hydrogens is 216 g/mol. The number of hydrogen-bond acceptors (Lipinski definition) is 4. The van der Waals surface area contributed by atoms with Crippen LogP contribution < -0.4 is 11.1 Å². The summed E-state index contributed by atoms with van der Waals surface area (Å²) in [6, 6.07) is 0. The zero-order chi connectivity index (χ0) is 12.3. The Labute approximate surface area is 102 Å². The van der Waals surface area contributed by atoms with Crippen molar-refractivity contribution in [2.24, 2.45) is 0 Å². The maximum atomic E-state index is 6.03. The van der Waals surface area contributed by atoms with Crippen molar-refractivity contribution < 1.29 is 4.74 Å². The second kappa shape index (κ2) is 5.40. The molecule has 0 radical (unpaired) electrons. The highest BCUT2D eigenvalue weighted by Crippen LogP contribution is 2.23. The molecule has 1 fully saturated rings. The summed E-state index contributed by atoms with van der Waals surface area (Å²) in [4.78, 5) is 0. The molecule has 0 amide bonds. The van der Waals surface area contributed by atoms with E-state index in [0.717, 1.165) is 56.2 Å². The minimum absolute atomic E-state index is 0.319. The summed E-state index contributed by atoms with van der Waals surface area (Å²) < 4.78 is 7.55. The van der Waals surface area contributed by atoms with Crippen LogP contribution in [0, 0.1) is 6.92 Å². The van der Waals surface area contributed by atoms with Gasteiger partial charge in [0.15, 0.2) is 0 Å². The number of rotatable bonds is 5. The molecule has 0 bridgehead atoms. The molecule has 1 aromatic heterocycles. The van der Waals surface area contributed by atoms with Crippen LogP contribution >= 0.6 is 0 Å². The van der Waals surface area contributed by atoms with Crippen LogP contribution in [0.5, 0.6) is 0 Å². The van der Waals surface area contributed by atoms with E-state index in [1.807, 2.05) is 11.6 Å². The van der Waals surface area contributed by atoms with Crippen LogP contribution in [-0.4, -0.2) is 29.0 Å². The van der Waals surface area contributed by atoms with Crippen LogP contribution in [0.3, 0.4) is 0 Å². The smallest absolute Gasteiger partial charge is 0.148 e. The first kappa shape index (κ1) is 12.2. The van der Waals surface area contributed by atoms with Crippen molar-refractivity contribution in [1.82, 2.24) is 9.78 Å². The molecule has 0 aliphatic carbocycles. The first-order chi connectivity index (χ1) is 8.22. The van der Waals surface area contributed by atoms with Crippen molar-refractivity contribution in [3.63, 3.8) is 0 Å². The second-order valence-corrected chi connectivity index (χ2v) is 4.59. The number of nitrogens with two attached hydrogens (primary N) is 1. The van der Waals surface area contributed by atoms with E-state index in [-0.39, 0.29) is 0 Å². The van der Waals surface area contributed by atoms with E-state index in [1.165, 1.54) is 0 Å². The van der Waals surface area contributed by atoms with Crippen LogP contribution in [0.4, 0.5) is 11.5 Å². The lowest BCUT2D eigenvalue weighted by atomic mass is 10.2. The number of nitrogen functional groups attached to an aromatic ring is 1. The molecule has 96 valence electrons. The average molecular weight is 238 g/mol. The summed E-state index contributed by atoms with van der Waals surface area (Å²) in [5.74, 6) is 0.944. The molecular formula is C12H22N4O. The predicted molar refractivity (Wildman–Crippen MR) is 69.1 cm³/mol. The SMILES string of the molecule is CCCn1nc(C)c(N)c1NCC1CCCO1. The van der Waals surface area contributed by atoms with Crippen LogP contribution in [0.15, 0.2) is 0 Å². The maximum absolute atomic E-state index is 6.03. The molecule has 1 aliphatic heterocycles. The zero-order valence-electron chi connectivity index (χ0n) is 10.7. The Morgan fingerprint density at radius 2 is 2.41 bits per heavy atom. The minimum atomic E-state index is 0.319. The lowest BCUT2D eigenvalue weighted by Gasteiger charge is -2.13. The Hall–Kier alpha value is -1.23. The average Bonchev–Trinajstić information content (AvgIpc) is 2.89. The number of ether oxygens (including phenoxy) is 1. The lowest BCUT2D eigenvalue weighted by Crippen LogP contribution is -2.20. The van der Waals surface area contributed by atoms with Crippen molar-refractivity contribution >= 4 is 11.5 Å². The van der Waals surface area contributed by atoms with E-state index in [9.17, 15) is 0 Å². The van der Waals surface area contributed by atoms with Gasteiger partial charge in [-0.15, -0.1) is 0 Å². The second-order valence-electron chi connectivity index (χ2n) is 4.59. The van der Waals surface area contributed by atoms with Crippen molar-refractivity contribution in [2.45, 2.75) is 45.8 Å². The van der Waals surface area contributed by atoms with Gasteiger partial charge in [0.25, 0.3) is 0 Å². The Bertz CT molecular complexity index is 369. The zero-order valence-corrected chi connectivity index (χ0v) is 10.7. The van der Waals surface area contributed by atoms with Gasteiger partial charge in [-0.3, -0.25) is 0 Å². The van der Waals surface area contributed by atoms with Gasteiger partial charge in [0.1, 0.15) is 5.82 Å². The molecule has 17 heavy (non-hydrogen) atoms. The fraction of sp³-hybridized carbons (Fsp3) is 0.750. The lowest BCUT2D eigenvalue weighted by molar-refractivity contribution is 0.120. The fourth-order valence-electron chi connectivity index (χ4n) is 2.17.